The van der Waals surface area contributed by atoms with E-state index in [1.165, 1.54) is 0 Å². The Kier molecular flexibility index (Phi) is 4.39. The second-order valence-corrected chi connectivity index (χ2v) is 4.99. The van der Waals surface area contributed by atoms with Gasteiger partial charge in [-0.2, -0.15) is 0 Å². The smallest absolute Gasteiger partial charge is 0.243 e. The Hall–Kier alpha value is -0.620. The molecule has 92 valence electrons. The summed E-state index contributed by atoms with van der Waals surface area (Å²) in [7, 11) is 0. The van der Waals surface area contributed by atoms with E-state index in [4.69, 9.17) is 16.3 Å². The SMILES string of the molecule is O=C(Nc1cc(Cl)ccc1Br)C1COCCN1. The summed E-state index contributed by atoms with van der Waals surface area (Å²) >= 11 is 9.23. The highest BCUT2D eigenvalue weighted by Crippen LogP contribution is 2.25. The van der Waals surface area contributed by atoms with Crippen molar-refractivity contribution in [3.8, 4) is 0 Å². The van der Waals surface area contributed by atoms with Gasteiger partial charge >= 0.3 is 0 Å². The molecule has 2 rings (SSSR count). The van der Waals surface area contributed by atoms with Gasteiger partial charge in [-0.15, -0.1) is 0 Å². The third-order valence-corrected chi connectivity index (χ3v) is 3.35. The van der Waals surface area contributed by atoms with Gasteiger partial charge in [0.25, 0.3) is 0 Å². The standard InChI is InChI=1S/C11H12BrClN2O2/c12-8-2-1-7(13)5-9(8)15-11(16)10-6-17-4-3-14-10/h1-2,5,10,14H,3-4,6H2,(H,15,16). The maximum absolute atomic E-state index is 11.9. The molecule has 1 aliphatic rings. The summed E-state index contributed by atoms with van der Waals surface area (Å²) in [5, 5.41) is 6.48. The minimum absolute atomic E-state index is 0.118. The van der Waals surface area contributed by atoms with E-state index in [9.17, 15) is 4.79 Å². The number of morpholine rings is 1. The van der Waals surface area contributed by atoms with Gasteiger partial charge in [0.2, 0.25) is 5.91 Å². The van der Waals surface area contributed by atoms with Crippen LogP contribution in [0.3, 0.4) is 0 Å². The normalized spacial score (nSPS) is 20.0. The van der Waals surface area contributed by atoms with Gasteiger partial charge in [-0.25, -0.2) is 0 Å². The first kappa shape index (κ1) is 12.8. The Morgan fingerprint density at radius 2 is 2.41 bits per heavy atom. The highest BCUT2D eigenvalue weighted by Gasteiger charge is 2.21. The predicted octanol–water partition coefficient (Wildman–Crippen LogP) is 2.03. The average molecular weight is 320 g/mol. The van der Waals surface area contributed by atoms with Gasteiger partial charge in [-0.1, -0.05) is 11.6 Å². The first-order valence-electron chi connectivity index (χ1n) is 5.24. The molecular formula is C11H12BrClN2O2. The van der Waals surface area contributed by atoms with Gasteiger partial charge in [0, 0.05) is 16.0 Å². The number of carbonyl (C=O) groups excluding carboxylic acids is 1. The molecule has 1 heterocycles. The number of anilines is 1. The molecule has 1 aliphatic heterocycles. The summed E-state index contributed by atoms with van der Waals surface area (Å²) < 4.78 is 6.03. The number of halogens is 2. The molecule has 1 fully saturated rings. The molecule has 2 N–H and O–H groups in total. The van der Waals surface area contributed by atoms with E-state index in [0.29, 0.717) is 30.5 Å². The molecule has 0 radical (unpaired) electrons. The van der Waals surface area contributed by atoms with Crippen molar-refractivity contribution in [1.29, 1.82) is 0 Å². The molecular weight excluding hydrogens is 307 g/mol. The zero-order valence-electron chi connectivity index (χ0n) is 9.00. The molecule has 1 saturated heterocycles. The minimum atomic E-state index is -0.311. The summed E-state index contributed by atoms with van der Waals surface area (Å²) in [6.45, 7) is 1.73. The molecule has 0 bridgehead atoms. The van der Waals surface area contributed by atoms with Crippen molar-refractivity contribution in [3.05, 3.63) is 27.7 Å². The number of hydrogen-bond acceptors (Lipinski definition) is 3. The van der Waals surface area contributed by atoms with Crippen LogP contribution in [0.2, 0.25) is 5.02 Å². The molecule has 1 amide bonds. The fourth-order valence-electron chi connectivity index (χ4n) is 1.55. The fourth-order valence-corrected chi connectivity index (χ4v) is 2.06. The van der Waals surface area contributed by atoms with Crippen molar-refractivity contribution >= 4 is 39.1 Å². The fraction of sp³-hybridized carbons (Fsp3) is 0.364. The van der Waals surface area contributed by atoms with Gasteiger partial charge in [0.1, 0.15) is 6.04 Å². The number of hydrogen-bond donors (Lipinski definition) is 2. The van der Waals surface area contributed by atoms with Crippen LogP contribution in [0.1, 0.15) is 0 Å². The van der Waals surface area contributed by atoms with Crippen LogP contribution >= 0.6 is 27.5 Å². The minimum Gasteiger partial charge on any atom is -0.378 e. The highest BCUT2D eigenvalue weighted by molar-refractivity contribution is 9.10. The number of amides is 1. The summed E-state index contributed by atoms with van der Waals surface area (Å²) in [6, 6.07) is 4.94. The lowest BCUT2D eigenvalue weighted by atomic mass is 10.2. The van der Waals surface area contributed by atoms with Crippen molar-refractivity contribution in [1.82, 2.24) is 5.32 Å². The van der Waals surface area contributed by atoms with Gasteiger partial charge in [-0.3, -0.25) is 4.79 Å². The lowest BCUT2D eigenvalue weighted by Gasteiger charge is -2.23. The van der Waals surface area contributed by atoms with Crippen LogP contribution in [-0.4, -0.2) is 31.7 Å². The lowest BCUT2D eigenvalue weighted by Crippen LogP contribution is -2.48. The second kappa shape index (κ2) is 5.82. The topological polar surface area (TPSA) is 50.4 Å². The molecule has 0 spiro atoms. The van der Waals surface area contributed by atoms with E-state index in [0.717, 1.165) is 4.47 Å². The molecule has 0 saturated carbocycles. The first-order valence-corrected chi connectivity index (χ1v) is 6.41. The zero-order chi connectivity index (χ0) is 12.3. The Labute approximate surface area is 113 Å². The highest BCUT2D eigenvalue weighted by atomic mass is 79.9. The van der Waals surface area contributed by atoms with E-state index in [1.807, 2.05) is 0 Å². The number of nitrogens with one attached hydrogen (secondary N) is 2. The molecule has 6 heteroatoms. The second-order valence-electron chi connectivity index (χ2n) is 3.70. The van der Waals surface area contributed by atoms with E-state index in [-0.39, 0.29) is 11.9 Å². The van der Waals surface area contributed by atoms with Crippen LogP contribution in [0, 0.1) is 0 Å². The van der Waals surface area contributed by atoms with Crippen molar-refractivity contribution in [2.75, 3.05) is 25.1 Å². The van der Waals surface area contributed by atoms with E-state index in [2.05, 4.69) is 26.6 Å². The molecule has 17 heavy (non-hydrogen) atoms. The van der Waals surface area contributed by atoms with Crippen LogP contribution < -0.4 is 10.6 Å². The van der Waals surface area contributed by atoms with Gasteiger partial charge in [-0.05, 0) is 34.1 Å². The van der Waals surface area contributed by atoms with Gasteiger partial charge in [0.15, 0.2) is 0 Å². The Balaban J connectivity index is 2.04. The summed E-state index contributed by atoms with van der Waals surface area (Å²) in [6.07, 6.45) is 0. The molecule has 0 aliphatic carbocycles. The van der Waals surface area contributed by atoms with Crippen LogP contribution in [0.25, 0.3) is 0 Å². The van der Waals surface area contributed by atoms with Crippen LogP contribution in [-0.2, 0) is 9.53 Å². The monoisotopic (exact) mass is 318 g/mol. The molecule has 4 nitrogen and oxygen atoms in total. The maximum Gasteiger partial charge on any atom is 0.243 e. The van der Waals surface area contributed by atoms with Gasteiger partial charge in [0.05, 0.1) is 18.9 Å². The Morgan fingerprint density at radius 3 is 3.12 bits per heavy atom. The Bertz CT molecular complexity index is 422. The van der Waals surface area contributed by atoms with Crippen molar-refractivity contribution < 1.29 is 9.53 Å². The number of ether oxygens (including phenoxy) is 1. The number of carbonyl (C=O) groups is 1. The summed E-state index contributed by atoms with van der Waals surface area (Å²) in [5.41, 5.74) is 0.662. The largest absolute Gasteiger partial charge is 0.378 e. The lowest BCUT2D eigenvalue weighted by molar-refractivity contribution is -0.120. The average Bonchev–Trinajstić information content (AvgIpc) is 2.35. The molecule has 1 aromatic carbocycles. The zero-order valence-corrected chi connectivity index (χ0v) is 11.3. The summed E-state index contributed by atoms with van der Waals surface area (Å²) in [5.74, 6) is -0.118. The quantitative estimate of drug-likeness (QED) is 0.877. The van der Waals surface area contributed by atoms with E-state index < -0.39 is 0 Å². The van der Waals surface area contributed by atoms with Crippen molar-refractivity contribution in [2.24, 2.45) is 0 Å². The maximum atomic E-state index is 11.9. The van der Waals surface area contributed by atoms with Crippen LogP contribution in [0.15, 0.2) is 22.7 Å². The van der Waals surface area contributed by atoms with Crippen molar-refractivity contribution in [2.45, 2.75) is 6.04 Å². The molecule has 1 aromatic rings. The molecule has 1 atom stereocenters. The van der Waals surface area contributed by atoms with Crippen LogP contribution in [0.4, 0.5) is 5.69 Å². The summed E-state index contributed by atoms with van der Waals surface area (Å²) in [4.78, 5) is 11.9. The number of rotatable bonds is 2. The van der Waals surface area contributed by atoms with E-state index >= 15 is 0 Å². The molecule has 0 aromatic heterocycles. The molecule has 1 unspecified atom stereocenters. The van der Waals surface area contributed by atoms with Crippen molar-refractivity contribution in [3.63, 3.8) is 0 Å². The van der Waals surface area contributed by atoms with Gasteiger partial charge < -0.3 is 15.4 Å². The predicted molar refractivity (Wildman–Crippen MR) is 70.4 cm³/mol. The van der Waals surface area contributed by atoms with E-state index in [1.54, 1.807) is 18.2 Å². The third-order valence-electron chi connectivity index (χ3n) is 2.42. The first-order chi connectivity index (χ1) is 8.16. The Morgan fingerprint density at radius 1 is 1.59 bits per heavy atom. The van der Waals surface area contributed by atoms with Crippen LogP contribution in [0.5, 0.6) is 0 Å². The third kappa shape index (κ3) is 3.42. The number of benzene rings is 1.